The number of anilines is 1. The van der Waals surface area contributed by atoms with Crippen LogP contribution in [-0.4, -0.2) is 59.3 Å². The van der Waals surface area contributed by atoms with Crippen LogP contribution < -0.4 is 4.31 Å². The molecule has 0 N–H and O–H groups in total. The highest BCUT2D eigenvalue weighted by atomic mass is 35.5. The van der Waals surface area contributed by atoms with Crippen LogP contribution in [0, 0.1) is 0 Å². The Kier molecular flexibility index (Phi) is 5.69. The van der Waals surface area contributed by atoms with Gasteiger partial charge in [0, 0.05) is 30.7 Å². The minimum Gasteiger partial charge on any atom is -0.337 e. The molecule has 0 radical (unpaired) electrons. The topological polar surface area (TPSA) is 91.8 Å². The molecule has 28 heavy (non-hydrogen) atoms. The van der Waals surface area contributed by atoms with E-state index >= 15 is 0 Å². The molecule has 2 aromatic rings. The van der Waals surface area contributed by atoms with E-state index in [-0.39, 0.29) is 35.1 Å². The van der Waals surface area contributed by atoms with Crippen molar-refractivity contribution in [1.82, 2.24) is 4.90 Å². The zero-order chi connectivity index (χ0) is 20.5. The van der Waals surface area contributed by atoms with Crippen molar-refractivity contribution in [3.8, 4) is 0 Å². The van der Waals surface area contributed by atoms with Gasteiger partial charge in [-0.15, -0.1) is 0 Å². The molecule has 1 fully saturated rings. The second-order valence-electron chi connectivity index (χ2n) is 6.42. The van der Waals surface area contributed by atoms with Crippen LogP contribution in [0.5, 0.6) is 0 Å². The zero-order valence-corrected chi connectivity index (χ0v) is 17.5. The summed E-state index contributed by atoms with van der Waals surface area (Å²) >= 11 is 5.94. The molecular weight excluding hydrogens is 424 g/mol. The fourth-order valence-corrected chi connectivity index (χ4v) is 5.48. The molecule has 2 aromatic carbocycles. The lowest BCUT2D eigenvalue weighted by Gasteiger charge is -2.27. The number of rotatable bonds is 4. The Morgan fingerprint density at radius 1 is 1.07 bits per heavy atom. The first kappa shape index (κ1) is 20.6. The van der Waals surface area contributed by atoms with E-state index in [1.54, 1.807) is 18.2 Å². The number of sulfonamides is 1. The molecule has 0 aromatic heterocycles. The lowest BCUT2D eigenvalue weighted by Crippen LogP contribution is -2.43. The summed E-state index contributed by atoms with van der Waals surface area (Å²) < 4.78 is 50.1. The SMILES string of the molecule is CN(c1cccc(Cl)c1)S(=O)(=O)c1cccc(C(=O)N2CCS(=O)(=O)CC2)c1. The summed E-state index contributed by atoms with van der Waals surface area (Å²) in [6.07, 6.45) is 0. The molecule has 1 amide bonds. The largest absolute Gasteiger partial charge is 0.337 e. The normalized spacial score (nSPS) is 16.6. The predicted molar refractivity (Wildman–Crippen MR) is 108 cm³/mol. The molecule has 150 valence electrons. The number of nitrogens with zero attached hydrogens (tertiary/aromatic N) is 2. The van der Waals surface area contributed by atoms with Crippen molar-refractivity contribution in [2.24, 2.45) is 0 Å². The van der Waals surface area contributed by atoms with Gasteiger partial charge in [0.15, 0.2) is 9.84 Å². The van der Waals surface area contributed by atoms with Crippen LogP contribution in [0.4, 0.5) is 5.69 Å². The minimum atomic E-state index is -3.91. The third-order valence-electron chi connectivity index (χ3n) is 4.54. The van der Waals surface area contributed by atoms with Crippen molar-refractivity contribution in [3.05, 3.63) is 59.1 Å². The smallest absolute Gasteiger partial charge is 0.264 e. The van der Waals surface area contributed by atoms with Gasteiger partial charge in [-0.05, 0) is 36.4 Å². The maximum absolute atomic E-state index is 13.0. The number of benzene rings is 2. The van der Waals surface area contributed by atoms with E-state index in [9.17, 15) is 21.6 Å². The van der Waals surface area contributed by atoms with Crippen LogP contribution in [0.1, 0.15) is 10.4 Å². The minimum absolute atomic E-state index is 0.0366. The zero-order valence-electron chi connectivity index (χ0n) is 15.1. The average Bonchev–Trinajstić information content (AvgIpc) is 2.67. The summed E-state index contributed by atoms with van der Waals surface area (Å²) in [6, 6.07) is 12.2. The Morgan fingerprint density at radius 2 is 1.71 bits per heavy atom. The Balaban J connectivity index is 1.87. The van der Waals surface area contributed by atoms with E-state index in [1.807, 2.05) is 0 Å². The van der Waals surface area contributed by atoms with E-state index in [0.717, 1.165) is 4.31 Å². The molecule has 1 saturated heterocycles. The van der Waals surface area contributed by atoms with Gasteiger partial charge in [0.1, 0.15) is 0 Å². The van der Waals surface area contributed by atoms with Gasteiger partial charge in [-0.25, -0.2) is 16.8 Å². The maximum atomic E-state index is 13.0. The van der Waals surface area contributed by atoms with E-state index in [1.165, 1.54) is 42.3 Å². The molecule has 0 bridgehead atoms. The standard InChI is InChI=1S/C18H19ClN2O5S2/c1-20(16-6-3-5-15(19)13-16)28(25,26)17-7-2-4-14(12-17)18(22)21-8-10-27(23,24)11-9-21/h2-7,12-13H,8-11H2,1H3. The highest BCUT2D eigenvalue weighted by Gasteiger charge is 2.27. The number of hydrogen-bond donors (Lipinski definition) is 0. The second-order valence-corrected chi connectivity index (χ2v) is 11.1. The Bertz CT molecular complexity index is 1100. The van der Waals surface area contributed by atoms with Gasteiger partial charge in [-0.2, -0.15) is 0 Å². The molecule has 1 aliphatic heterocycles. The van der Waals surface area contributed by atoms with Crippen LogP contribution in [-0.2, 0) is 19.9 Å². The highest BCUT2D eigenvalue weighted by Crippen LogP contribution is 2.25. The van der Waals surface area contributed by atoms with Crippen LogP contribution in [0.25, 0.3) is 0 Å². The van der Waals surface area contributed by atoms with Crippen molar-refractivity contribution in [2.75, 3.05) is 35.9 Å². The molecule has 0 unspecified atom stereocenters. The van der Waals surface area contributed by atoms with Gasteiger partial charge in [0.25, 0.3) is 15.9 Å². The van der Waals surface area contributed by atoms with E-state index in [2.05, 4.69) is 0 Å². The van der Waals surface area contributed by atoms with Gasteiger partial charge in [-0.1, -0.05) is 23.7 Å². The van der Waals surface area contributed by atoms with Crippen molar-refractivity contribution in [1.29, 1.82) is 0 Å². The van der Waals surface area contributed by atoms with Crippen LogP contribution in [0.3, 0.4) is 0 Å². The van der Waals surface area contributed by atoms with Crippen LogP contribution >= 0.6 is 11.6 Å². The van der Waals surface area contributed by atoms with Gasteiger partial charge in [0.05, 0.1) is 22.1 Å². The molecule has 7 nitrogen and oxygen atoms in total. The van der Waals surface area contributed by atoms with Crippen molar-refractivity contribution in [3.63, 3.8) is 0 Å². The molecule has 0 spiro atoms. The molecular formula is C18H19ClN2O5S2. The Morgan fingerprint density at radius 3 is 2.36 bits per heavy atom. The summed E-state index contributed by atoms with van der Waals surface area (Å²) in [7, 11) is -5.61. The fraction of sp³-hybridized carbons (Fsp3) is 0.278. The monoisotopic (exact) mass is 442 g/mol. The first-order chi connectivity index (χ1) is 13.1. The summed E-state index contributed by atoms with van der Waals surface area (Å²) in [4.78, 5) is 14.1. The van der Waals surface area contributed by atoms with Crippen molar-refractivity contribution >= 4 is 43.1 Å². The Labute approximate surface area is 169 Å². The Hall–Kier alpha value is -2.10. The summed E-state index contributed by atoms with van der Waals surface area (Å²) in [5.41, 5.74) is 0.588. The molecule has 3 rings (SSSR count). The van der Waals surface area contributed by atoms with E-state index in [0.29, 0.717) is 10.7 Å². The molecule has 0 aliphatic carbocycles. The molecule has 0 atom stereocenters. The summed E-state index contributed by atoms with van der Waals surface area (Å²) in [5.74, 6) is -0.569. The second kappa shape index (κ2) is 7.73. The molecule has 10 heteroatoms. The lowest BCUT2D eigenvalue weighted by molar-refractivity contribution is 0.0770. The first-order valence-electron chi connectivity index (χ1n) is 8.44. The van der Waals surface area contributed by atoms with Crippen LogP contribution in [0.2, 0.25) is 5.02 Å². The first-order valence-corrected chi connectivity index (χ1v) is 12.1. The number of sulfone groups is 1. The quantitative estimate of drug-likeness (QED) is 0.722. The van der Waals surface area contributed by atoms with Gasteiger partial charge in [0.2, 0.25) is 0 Å². The highest BCUT2D eigenvalue weighted by molar-refractivity contribution is 7.92. The number of halogens is 1. The number of amides is 1. The fourth-order valence-electron chi connectivity index (χ4n) is 2.86. The predicted octanol–water partition coefficient (Wildman–Crippen LogP) is 2.04. The van der Waals surface area contributed by atoms with Gasteiger partial charge >= 0.3 is 0 Å². The van der Waals surface area contributed by atoms with Gasteiger partial charge < -0.3 is 4.90 Å². The molecule has 1 heterocycles. The average molecular weight is 443 g/mol. The lowest BCUT2D eigenvalue weighted by atomic mass is 10.2. The number of hydrogen-bond acceptors (Lipinski definition) is 5. The van der Waals surface area contributed by atoms with E-state index in [4.69, 9.17) is 11.6 Å². The third kappa shape index (κ3) is 4.31. The number of carbonyl (C=O) groups is 1. The molecule has 0 saturated carbocycles. The summed E-state index contributed by atoms with van der Waals surface area (Å²) in [5, 5.41) is 0.406. The maximum Gasteiger partial charge on any atom is 0.264 e. The third-order valence-corrected chi connectivity index (χ3v) is 8.17. The van der Waals surface area contributed by atoms with Crippen molar-refractivity contribution < 1.29 is 21.6 Å². The van der Waals surface area contributed by atoms with Crippen molar-refractivity contribution in [2.45, 2.75) is 4.90 Å². The summed E-state index contributed by atoms with van der Waals surface area (Å²) in [6.45, 7) is 0.196. The molecule has 1 aliphatic rings. The van der Waals surface area contributed by atoms with Crippen LogP contribution in [0.15, 0.2) is 53.4 Å². The van der Waals surface area contributed by atoms with E-state index < -0.39 is 25.8 Å². The van der Waals surface area contributed by atoms with Gasteiger partial charge in [-0.3, -0.25) is 9.10 Å². The number of carbonyl (C=O) groups excluding carboxylic acids is 1.